The van der Waals surface area contributed by atoms with Crippen LogP contribution < -0.4 is 10.6 Å². The number of hydrogen-bond acceptors (Lipinski definition) is 4. The van der Waals surface area contributed by atoms with Gasteiger partial charge in [0, 0.05) is 12.1 Å². The number of amides is 1. The first-order chi connectivity index (χ1) is 10.7. The molecule has 0 saturated carbocycles. The molecule has 128 valence electrons. The van der Waals surface area contributed by atoms with Gasteiger partial charge < -0.3 is 15.4 Å². The Morgan fingerprint density at radius 2 is 1.87 bits per heavy atom. The molecular weight excluding hydrogens is 313 g/mol. The monoisotopic (exact) mass is 332 g/mol. The SMILES string of the molecule is CCOC(=O)[C@](NC(=O)CC)(Nc1cccc(C)c1)C(F)(F)F. The van der Waals surface area contributed by atoms with Crippen molar-refractivity contribution in [3.8, 4) is 0 Å². The molecule has 1 rings (SSSR count). The predicted molar refractivity (Wildman–Crippen MR) is 78.7 cm³/mol. The molecule has 1 atom stereocenters. The van der Waals surface area contributed by atoms with Crippen molar-refractivity contribution in [2.45, 2.75) is 39.0 Å². The summed E-state index contributed by atoms with van der Waals surface area (Å²) in [5.74, 6) is -2.55. The predicted octanol–water partition coefficient (Wildman–Crippen LogP) is 2.75. The maximum atomic E-state index is 13.7. The Hall–Kier alpha value is -2.25. The zero-order chi connectivity index (χ0) is 17.7. The van der Waals surface area contributed by atoms with Crippen molar-refractivity contribution in [3.05, 3.63) is 29.8 Å². The fourth-order valence-electron chi connectivity index (χ4n) is 1.87. The Labute approximate surface area is 132 Å². The molecule has 0 aliphatic heterocycles. The van der Waals surface area contributed by atoms with Crippen LogP contribution in [0.25, 0.3) is 0 Å². The Morgan fingerprint density at radius 3 is 2.35 bits per heavy atom. The average molecular weight is 332 g/mol. The van der Waals surface area contributed by atoms with Crippen LogP contribution >= 0.6 is 0 Å². The number of nitrogens with one attached hydrogen (secondary N) is 2. The average Bonchev–Trinajstić information content (AvgIpc) is 2.45. The lowest BCUT2D eigenvalue weighted by Crippen LogP contribution is -2.69. The van der Waals surface area contributed by atoms with E-state index in [4.69, 9.17) is 0 Å². The molecule has 0 unspecified atom stereocenters. The van der Waals surface area contributed by atoms with E-state index in [0.29, 0.717) is 5.56 Å². The third-order valence-electron chi connectivity index (χ3n) is 3.00. The number of carbonyl (C=O) groups is 2. The van der Waals surface area contributed by atoms with E-state index in [0.717, 1.165) is 0 Å². The van der Waals surface area contributed by atoms with E-state index >= 15 is 0 Å². The van der Waals surface area contributed by atoms with Crippen molar-refractivity contribution >= 4 is 17.6 Å². The van der Waals surface area contributed by atoms with Crippen LogP contribution in [0.5, 0.6) is 0 Å². The highest BCUT2D eigenvalue weighted by Crippen LogP contribution is 2.33. The Morgan fingerprint density at radius 1 is 1.22 bits per heavy atom. The lowest BCUT2D eigenvalue weighted by molar-refractivity contribution is -0.207. The van der Waals surface area contributed by atoms with E-state index in [1.807, 2.05) is 0 Å². The summed E-state index contributed by atoms with van der Waals surface area (Å²) >= 11 is 0. The zero-order valence-electron chi connectivity index (χ0n) is 13.1. The summed E-state index contributed by atoms with van der Waals surface area (Å²) in [6, 6.07) is 6.02. The van der Waals surface area contributed by atoms with Crippen LogP contribution in [0.4, 0.5) is 18.9 Å². The summed E-state index contributed by atoms with van der Waals surface area (Å²) in [7, 11) is 0. The highest BCUT2D eigenvalue weighted by Gasteiger charge is 2.63. The first-order valence-corrected chi connectivity index (χ1v) is 7.06. The van der Waals surface area contributed by atoms with Crippen LogP contribution in [0.15, 0.2) is 24.3 Å². The van der Waals surface area contributed by atoms with Gasteiger partial charge in [-0.1, -0.05) is 19.1 Å². The van der Waals surface area contributed by atoms with Crippen LogP contribution in [-0.2, 0) is 14.3 Å². The molecule has 0 spiro atoms. The fourth-order valence-corrected chi connectivity index (χ4v) is 1.87. The molecule has 1 amide bonds. The second-order valence-electron chi connectivity index (χ2n) is 4.86. The fraction of sp³-hybridized carbons (Fsp3) is 0.467. The lowest BCUT2D eigenvalue weighted by atomic mass is 10.1. The van der Waals surface area contributed by atoms with E-state index in [1.165, 1.54) is 32.0 Å². The van der Waals surface area contributed by atoms with Gasteiger partial charge in [0.1, 0.15) is 0 Å². The number of benzene rings is 1. The lowest BCUT2D eigenvalue weighted by Gasteiger charge is -2.35. The van der Waals surface area contributed by atoms with Gasteiger partial charge in [0.25, 0.3) is 0 Å². The van der Waals surface area contributed by atoms with Gasteiger partial charge in [0.2, 0.25) is 5.91 Å². The molecule has 0 bridgehead atoms. The van der Waals surface area contributed by atoms with Crippen LogP contribution in [0, 0.1) is 6.92 Å². The Bertz CT molecular complexity index is 575. The summed E-state index contributed by atoms with van der Waals surface area (Å²) < 4.78 is 45.5. The number of aryl methyl sites for hydroxylation is 1. The van der Waals surface area contributed by atoms with Gasteiger partial charge in [-0.25, -0.2) is 4.79 Å². The molecule has 1 aromatic carbocycles. The molecule has 0 radical (unpaired) electrons. The van der Waals surface area contributed by atoms with Crippen LogP contribution in [0.2, 0.25) is 0 Å². The number of esters is 1. The number of halogens is 3. The minimum Gasteiger partial charge on any atom is -0.463 e. The summed E-state index contributed by atoms with van der Waals surface area (Å²) in [6.07, 6.45) is -5.32. The topological polar surface area (TPSA) is 67.4 Å². The minimum atomic E-state index is -5.10. The molecule has 8 heteroatoms. The second kappa shape index (κ2) is 7.34. The third kappa shape index (κ3) is 4.37. The number of hydrogen-bond donors (Lipinski definition) is 2. The van der Waals surface area contributed by atoms with Crippen LogP contribution in [0.3, 0.4) is 0 Å². The van der Waals surface area contributed by atoms with E-state index < -0.39 is 23.7 Å². The molecule has 0 aliphatic rings. The maximum absolute atomic E-state index is 13.7. The van der Waals surface area contributed by atoms with Crippen molar-refractivity contribution in [3.63, 3.8) is 0 Å². The molecule has 0 aromatic heterocycles. The van der Waals surface area contributed by atoms with Crippen molar-refractivity contribution in [2.24, 2.45) is 0 Å². The molecule has 0 heterocycles. The van der Waals surface area contributed by atoms with Gasteiger partial charge in [-0.2, -0.15) is 13.2 Å². The Kier molecular flexibility index (Phi) is 6.00. The van der Waals surface area contributed by atoms with Crippen molar-refractivity contribution in [2.75, 3.05) is 11.9 Å². The zero-order valence-corrected chi connectivity index (χ0v) is 13.1. The van der Waals surface area contributed by atoms with Gasteiger partial charge in [-0.15, -0.1) is 0 Å². The highest BCUT2D eigenvalue weighted by molar-refractivity contribution is 5.91. The molecule has 1 aromatic rings. The molecule has 0 fully saturated rings. The maximum Gasteiger partial charge on any atom is 0.441 e. The van der Waals surface area contributed by atoms with Gasteiger partial charge in [-0.3, -0.25) is 4.79 Å². The smallest absolute Gasteiger partial charge is 0.441 e. The molecule has 0 aliphatic carbocycles. The third-order valence-corrected chi connectivity index (χ3v) is 3.00. The van der Waals surface area contributed by atoms with E-state index in [1.54, 1.807) is 18.3 Å². The summed E-state index contributed by atoms with van der Waals surface area (Å²) in [5, 5.41) is 3.81. The molecule has 0 saturated heterocycles. The van der Waals surface area contributed by atoms with Gasteiger partial charge in [-0.05, 0) is 31.5 Å². The van der Waals surface area contributed by atoms with Gasteiger partial charge in [0.15, 0.2) is 0 Å². The van der Waals surface area contributed by atoms with Crippen molar-refractivity contribution in [1.82, 2.24) is 5.32 Å². The van der Waals surface area contributed by atoms with Crippen LogP contribution in [0.1, 0.15) is 25.8 Å². The van der Waals surface area contributed by atoms with E-state index in [-0.39, 0.29) is 18.7 Å². The molecule has 23 heavy (non-hydrogen) atoms. The number of alkyl halides is 3. The quantitative estimate of drug-likeness (QED) is 0.621. The molecule has 2 N–H and O–H groups in total. The van der Waals surface area contributed by atoms with Crippen LogP contribution in [-0.4, -0.2) is 30.3 Å². The van der Waals surface area contributed by atoms with Crippen molar-refractivity contribution < 1.29 is 27.5 Å². The second-order valence-corrected chi connectivity index (χ2v) is 4.86. The molecular formula is C15H19F3N2O3. The number of anilines is 1. The number of carbonyl (C=O) groups excluding carboxylic acids is 2. The minimum absolute atomic E-state index is 0.0341. The Balaban J connectivity index is 3.36. The first-order valence-electron chi connectivity index (χ1n) is 7.06. The number of ether oxygens (including phenoxy) is 1. The van der Waals surface area contributed by atoms with E-state index in [2.05, 4.69) is 10.1 Å². The van der Waals surface area contributed by atoms with Crippen molar-refractivity contribution in [1.29, 1.82) is 0 Å². The van der Waals surface area contributed by atoms with E-state index in [9.17, 15) is 22.8 Å². The molecule has 5 nitrogen and oxygen atoms in total. The first kappa shape index (κ1) is 18.8. The normalized spacial score (nSPS) is 13.8. The highest BCUT2D eigenvalue weighted by atomic mass is 19.4. The van der Waals surface area contributed by atoms with Gasteiger partial charge in [0.05, 0.1) is 6.61 Å². The van der Waals surface area contributed by atoms with Gasteiger partial charge >= 0.3 is 17.8 Å². The standard InChI is InChI=1S/C15H19F3N2O3/c1-4-12(21)20-14(15(16,17)18,13(22)23-5-2)19-11-8-6-7-10(3)9-11/h6-9,19H,4-5H2,1-3H3,(H,20,21)/t14-/m1/s1. The number of rotatable bonds is 6. The summed E-state index contributed by atoms with van der Waals surface area (Å²) in [5.41, 5.74) is -2.62. The summed E-state index contributed by atoms with van der Waals surface area (Å²) in [6.45, 7) is 4.20. The largest absolute Gasteiger partial charge is 0.463 e. The summed E-state index contributed by atoms with van der Waals surface area (Å²) in [4.78, 5) is 23.6.